The van der Waals surface area contributed by atoms with E-state index in [4.69, 9.17) is 9.73 Å². The fourth-order valence-corrected chi connectivity index (χ4v) is 3.92. The normalized spacial score (nSPS) is 18.0. The van der Waals surface area contributed by atoms with Gasteiger partial charge in [-0.05, 0) is 37.4 Å². The van der Waals surface area contributed by atoms with Gasteiger partial charge in [-0.15, -0.1) is 0 Å². The van der Waals surface area contributed by atoms with Crippen LogP contribution in [0.3, 0.4) is 0 Å². The number of ether oxygens (including phenoxy) is 1. The van der Waals surface area contributed by atoms with Crippen LogP contribution in [0, 0.1) is 0 Å². The van der Waals surface area contributed by atoms with E-state index in [1.165, 1.54) is 11.1 Å². The molecule has 27 heavy (non-hydrogen) atoms. The second-order valence-corrected chi connectivity index (χ2v) is 7.66. The van der Waals surface area contributed by atoms with Crippen LogP contribution in [-0.4, -0.2) is 43.6 Å². The highest BCUT2D eigenvalue weighted by molar-refractivity contribution is 6.00. The Morgan fingerprint density at radius 3 is 2.52 bits per heavy atom. The van der Waals surface area contributed by atoms with Gasteiger partial charge in [0.05, 0.1) is 16.9 Å². The lowest BCUT2D eigenvalue weighted by Gasteiger charge is -2.42. The molecule has 0 aliphatic carbocycles. The topological polar surface area (TPSA) is 48.9 Å². The zero-order valence-electron chi connectivity index (χ0n) is 16.2. The molecular formula is C22H28N4O. The summed E-state index contributed by atoms with van der Waals surface area (Å²) in [6.45, 7) is 3.22. The van der Waals surface area contributed by atoms with Crippen molar-refractivity contribution in [3.8, 4) is 0 Å². The Hall–Kier alpha value is -2.37. The molecule has 2 N–H and O–H groups in total. The first-order valence-electron chi connectivity index (χ1n) is 9.66. The van der Waals surface area contributed by atoms with Crippen molar-refractivity contribution < 1.29 is 4.74 Å². The monoisotopic (exact) mass is 364 g/mol. The molecule has 142 valence electrons. The van der Waals surface area contributed by atoms with Crippen molar-refractivity contribution in [2.45, 2.75) is 31.5 Å². The summed E-state index contributed by atoms with van der Waals surface area (Å²) in [6, 6.07) is 16.9. The highest BCUT2D eigenvalue weighted by Crippen LogP contribution is 2.37. The van der Waals surface area contributed by atoms with Crippen molar-refractivity contribution in [2.24, 2.45) is 4.99 Å². The molecule has 5 nitrogen and oxygen atoms in total. The number of para-hydroxylation sites is 2. The molecular weight excluding hydrogens is 336 g/mol. The molecule has 2 aromatic carbocycles. The van der Waals surface area contributed by atoms with E-state index in [-0.39, 0.29) is 5.54 Å². The molecule has 0 atom stereocenters. The van der Waals surface area contributed by atoms with E-state index >= 15 is 0 Å². The zero-order chi connectivity index (χ0) is 18.7. The highest BCUT2D eigenvalue weighted by Gasteiger charge is 2.40. The van der Waals surface area contributed by atoms with Gasteiger partial charge in [-0.3, -0.25) is 0 Å². The van der Waals surface area contributed by atoms with E-state index in [0.717, 1.165) is 56.4 Å². The predicted molar refractivity (Wildman–Crippen MR) is 111 cm³/mol. The Kier molecular flexibility index (Phi) is 5.14. The SMILES string of the molecule is CN(C)Cc1ccccc1CNC1=Nc2ccccc2NC12CCOCC2. The van der Waals surface area contributed by atoms with E-state index in [1.54, 1.807) is 0 Å². The lowest BCUT2D eigenvalue weighted by molar-refractivity contribution is 0.0771. The maximum Gasteiger partial charge on any atom is 0.129 e. The molecule has 1 spiro atoms. The summed E-state index contributed by atoms with van der Waals surface area (Å²) in [7, 11) is 4.21. The third kappa shape index (κ3) is 3.84. The molecule has 0 bridgehead atoms. The number of aliphatic imine (C=N–C) groups is 1. The molecule has 0 aromatic heterocycles. The van der Waals surface area contributed by atoms with Crippen molar-refractivity contribution in [3.05, 3.63) is 59.7 Å². The van der Waals surface area contributed by atoms with E-state index < -0.39 is 0 Å². The van der Waals surface area contributed by atoms with Crippen LogP contribution in [0.1, 0.15) is 24.0 Å². The first kappa shape index (κ1) is 18.0. The summed E-state index contributed by atoms with van der Waals surface area (Å²) in [5.41, 5.74) is 4.61. The molecule has 2 aliphatic rings. The Bertz CT molecular complexity index is 825. The number of anilines is 1. The van der Waals surface area contributed by atoms with Crippen LogP contribution in [-0.2, 0) is 17.8 Å². The van der Waals surface area contributed by atoms with Gasteiger partial charge in [0.15, 0.2) is 0 Å². The number of hydrogen-bond acceptors (Lipinski definition) is 5. The minimum absolute atomic E-state index is 0.164. The highest BCUT2D eigenvalue weighted by atomic mass is 16.5. The van der Waals surface area contributed by atoms with Crippen molar-refractivity contribution >= 4 is 17.2 Å². The molecule has 1 saturated heterocycles. The van der Waals surface area contributed by atoms with Crippen LogP contribution in [0.2, 0.25) is 0 Å². The Morgan fingerprint density at radius 1 is 1.04 bits per heavy atom. The Labute approximate surface area is 161 Å². The number of amidine groups is 1. The first-order chi connectivity index (χ1) is 13.2. The van der Waals surface area contributed by atoms with Gasteiger partial charge in [0.1, 0.15) is 5.84 Å². The van der Waals surface area contributed by atoms with Crippen LogP contribution >= 0.6 is 0 Å². The summed E-state index contributed by atoms with van der Waals surface area (Å²) < 4.78 is 5.63. The van der Waals surface area contributed by atoms with Crippen LogP contribution in [0.5, 0.6) is 0 Å². The van der Waals surface area contributed by atoms with Gasteiger partial charge < -0.3 is 20.3 Å². The summed E-state index contributed by atoms with van der Waals surface area (Å²) in [5, 5.41) is 7.43. The maximum absolute atomic E-state index is 5.63. The van der Waals surface area contributed by atoms with Crippen LogP contribution in [0.4, 0.5) is 11.4 Å². The number of fused-ring (bicyclic) bond motifs is 1. The molecule has 4 rings (SSSR count). The lowest BCUT2D eigenvalue weighted by Crippen LogP contribution is -2.56. The maximum atomic E-state index is 5.63. The molecule has 0 saturated carbocycles. The van der Waals surface area contributed by atoms with Gasteiger partial charge in [-0.1, -0.05) is 36.4 Å². The predicted octanol–water partition coefficient (Wildman–Crippen LogP) is 3.54. The molecule has 2 heterocycles. The first-order valence-corrected chi connectivity index (χ1v) is 9.66. The van der Waals surface area contributed by atoms with Crippen molar-refractivity contribution in [1.29, 1.82) is 0 Å². The number of rotatable bonds is 4. The minimum Gasteiger partial charge on any atom is -0.381 e. The molecule has 0 radical (unpaired) electrons. The summed E-state index contributed by atoms with van der Waals surface area (Å²) in [4.78, 5) is 7.21. The van der Waals surface area contributed by atoms with E-state index in [0.29, 0.717) is 0 Å². The number of hydrogen-bond donors (Lipinski definition) is 2. The van der Waals surface area contributed by atoms with Gasteiger partial charge in [0.25, 0.3) is 0 Å². The second kappa shape index (κ2) is 7.71. The molecule has 0 unspecified atom stereocenters. The van der Waals surface area contributed by atoms with Gasteiger partial charge in [-0.25, -0.2) is 4.99 Å². The number of nitrogens with one attached hydrogen (secondary N) is 2. The van der Waals surface area contributed by atoms with Crippen LogP contribution in [0.25, 0.3) is 0 Å². The van der Waals surface area contributed by atoms with E-state index in [1.807, 2.05) is 6.07 Å². The van der Waals surface area contributed by atoms with Crippen molar-refractivity contribution in [2.75, 3.05) is 32.6 Å². The lowest BCUT2D eigenvalue weighted by atomic mass is 9.86. The van der Waals surface area contributed by atoms with Crippen LogP contribution < -0.4 is 10.6 Å². The minimum atomic E-state index is -0.164. The quantitative estimate of drug-likeness (QED) is 0.871. The Balaban J connectivity index is 1.60. The fourth-order valence-electron chi connectivity index (χ4n) is 3.92. The summed E-state index contributed by atoms with van der Waals surface area (Å²) >= 11 is 0. The van der Waals surface area contributed by atoms with Gasteiger partial charge in [0, 0.05) is 39.1 Å². The van der Waals surface area contributed by atoms with Gasteiger partial charge in [0.2, 0.25) is 0 Å². The van der Waals surface area contributed by atoms with Gasteiger partial charge in [-0.2, -0.15) is 0 Å². The summed E-state index contributed by atoms with van der Waals surface area (Å²) in [6.07, 6.45) is 1.85. The number of benzene rings is 2. The van der Waals surface area contributed by atoms with Gasteiger partial charge >= 0.3 is 0 Å². The Morgan fingerprint density at radius 2 is 1.74 bits per heavy atom. The van der Waals surface area contributed by atoms with Crippen molar-refractivity contribution in [1.82, 2.24) is 10.2 Å². The zero-order valence-corrected chi connectivity index (χ0v) is 16.2. The van der Waals surface area contributed by atoms with Crippen LogP contribution in [0.15, 0.2) is 53.5 Å². The average molecular weight is 364 g/mol. The second-order valence-electron chi connectivity index (χ2n) is 7.66. The largest absolute Gasteiger partial charge is 0.381 e. The average Bonchev–Trinajstić information content (AvgIpc) is 2.67. The fraction of sp³-hybridized carbons (Fsp3) is 0.409. The third-order valence-electron chi connectivity index (χ3n) is 5.36. The molecule has 2 aromatic rings. The van der Waals surface area contributed by atoms with Crippen molar-refractivity contribution in [3.63, 3.8) is 0 Å². The smallest absolute Gasteiger partial charge is 0.129 e. The number of nitrogens with zero attached hydrogens (tertiary/aromatic N) is 2. The molecule has 2 aliphatic heterocycles. The molecule has 1 fully saturated rings. The van der Waals surface area contributed by atoms with E-state index in [9.17, 15) is 0 Å². The summed E-state index contributed by atoms with van der Waals surface area (Å²) in [5.74, 6) is 1.03. The standard InChI is InChI=1S/C22H28N4O/c1-26(2)16-18-8-4-3-7-17(18)15-23-21-22(11-13-27-14-12-22)25-20-10-6-5-9-19(20)24-21/h3-10,25H,11-16H2,1-2H3,(H,23,24). The van der Waals surface area contributed by atoms with E-state index in [2.05, 4.69) is 72.1 Å². The molecule has 0 amide bonds. The third-order valence-corrected chi connectivity index (χ3v) is 5.36. The molecule has 5 heteroatoms.